The van der Waals surface area contributed by atoms with E-state index in [0.717, 1.165) is 12.8 Å². The fourth-order valence-electron chi connectivity index (χ4n) is 1.69. The van der Waals surface area contributed by atoms with Gasteiger partial charge in [0.1, 0.15) is 0 Å². The van der Waals surface area contributed by atoms with Crippen LogP contribution in [-0.2, 0) is 6.42 Å². The maximum Gasteiger partial charge on any atom is 0.0687 e. The Bertz CT molecular complexity index is 297. The Labute approximate surface area is 105 Å². The van der Waals surface area contributed by atoms with Crippen LogP contribution in [0.1, 0.15) is 32.8 Å². The molecule has 0 saturated heterocycles. The average molecular weight is 235 g/mol. The van der Waals surface area contributed by atoms with E-state index in [1.54, 1.807) is 0 Å². The Kier molecular flexibility index (Phi) is 6.23. The topological polar surface area (TPSA) is 32.3 Å². The molecule has 2 nitrogen and oxygen atoms in total. The molecule has 1 rings (SSSR count). The molecule has 0 spiro atoms. The Morgan fingerprint density at radius 2 is 1.76 bits per heavy atom. The molecular formula is C15H25NO. The van der Waals surface area contributed by atoms with Crippen LogP contribution in [0.4, 0.5) is 0 Å². The summed E-state index contributed by atoms with van der Waals surface area (Å²) in [5.74, 6) is 0.323. The van der Waals surface area contributed by atoms with E-state index in [1.807, 2.05) is 19.9 Å². The van der Waals surface area contributed by atoms with Crippen molar-refractivity contribution < 1.29 is 5.11 Å². The first kappa shape index (κ1) is 14.2. The van der Waals surface area contributed by atoms with Gasteiger partial charge in [0, 0.05) is 12.6 Å². The zero-order chi connectivity index (χ0) is 12.7. The molecule has 0 aliphatic rings. The number of rotatable bonds is 7. The van der Waals surface area contributed by atoms with Gasteiger partial charge in [0.2, 0.25) is 0 Å². The third kappa shape index (κ3) is 5.85. The summed E-state index contributed by atoms with van der Waals surface area (Å²) in [7, 11) is 0. The van der Waals surface area contributed by atoms with Crippen molar-refractivity contribution in [3.63, 3.8) is 0 Å². The monoisotopic (exact) mass is 235 g/mol. The van der Waals surface area contributed by atoms with Crippen molar-refractivity contribution in [2.45, 2.75) is 45.8 Å². The van der Waals surface area contributed by atoms with Crippen molar-refractivity contribution in [1.82, 2.24) is 5.32 Å². The van der Waals surface area contributed by atoms with E-state index in [4.69, 9.17) is 0 Å². The molecule has 0 fully saturated rings. The summed E-state index contributed by atoms with van der Waals surface area (Å²) in [5.41, 5.74) is 1.38. The van der Waals surface area contributed by atoms with Crippen LogP contribution in [-0.4, -0.2) is 23.8 Å². The summed E-state index contributed by atoms with van der Waals surface area (Å²) in [4.78, 5) is 0. The zero-order valence-electron chi connectivity index (χ0n) is 11.2. The highest BCUT2D eigenvalue weighted by atomic mass is 16.3. The first-order valence-corrected chi connectivity index (χ1v) is 6.55. The Morgan fingerprint density at radius 1 is 1.12 bits per heavy atom. The molecule has 2 N–H and O–H groups in total. The number of aryl methyl sites for hydroxylation is 1. The quantitative estimate of drug-likeness (QED) is 0.761. The van der Waals surface area contributed by atoms with Crippen molar-refractivity contribution in [3.8, 4) is 0 Å². The van der Waals surface area contributed by atoms with Crippen LogP contribution in [0.3, 0.4) is 0 Å². The maximum absolute atomic E-state index is 9.70. The van der Waals surface area contributed by atoms with Crippen molar-refractivity contribution in [3.05, 3.63) is 35.9 Å². The van der Waals surface area contributed by atoms with Crippen molar-refractivity contribution in [2.24, 2.45) is 5.92 Å². The summed E-state index contributed by atoms with van der Waals surface area (Å²) >= 11 is 0. The normalized spacial score (nSPS) is 14.9. The van der Waals surface area contributed by atoms with E-state index in [0.29, 0.717) is 18.5 Å². The molecule has 0 amide bonds. The number of hydrogen-bond donors (Lipinski definition) is 2. The van der Waals surface area contributed by atoms with Crippen LogP contribution in [0.2, 0.25) is 0 Å². The van der Waals surface area contributed by atoms with Gasteiger partial charge in [0.05, 0.1) is 6.10 Å². The van der Waals surface area contributed by atoms with Crippen LogP contribution in [0.25, 0.3) is 0 Å². The summed E-state index contributed by atoms with van der Waals surface area (Å²) in [6.07, 6.45) is 1.95. The van der Waals surface area contributed by atoms with E-state index in [9.17, 15) is 5.11 Å². The van der Waals surface area contributed by atoms with E-state index in [-0.39, 0.29) is 6.10 Å². The van der Waals surface area contributed by atoms with E-state index in [1.165, 1.54) is 5.56 Å². The third-order valence-corrected chi connectivity index (χ3v) is 3.15. The number of aliphatic hydroxyl groups is 1. The Morgan fingerprint density at radius 3 is 2.35 bits per heavy atom. The van der Waals surface area contributed by atoms with Crippen LogP contribution in [0, 0.1) is 5.92 Å². The molecule has 1 aromatic rings. The first-order chi connectivity index (χ1) is 8.09. The minimum absolute atomic E-state index is 0.242. The standard InChI is InChI=1S/C15H25NO/c1-12(2)15(17)11-16-13(3)9-10-14-7-5-4-6-8-14/h4-8,12-13,15-17H,9-11H2,1-3H3. The lowest BCUT2D eigenvalue weighted by molar-refractivity contribution is 0.120. The second-order valence-electron chi connectivity index (χ2n) is 5.14. The minimum Gasteiger partial charge on any atom is -0.392 e. The molecule has 0 aliphatic carbocycles. The van der Waals surface area contributed by atoms with Gasteiger partial charge in [-0.05, 0) is 31.2 Å². The Hall–Kier alpha value is -0.860. The molecule has 96 valence electrons. The van der Waals surface area contributed by atoms with Crippen molar-refractivity contribution in [2.75, 3.05) is 6.54 Å². The lowest BCUT2D eigenvalue weighted by atomic mass is 10.0. The van der Waals surface area contributed by atoms with Gasteiger partial charge < -0.3 is 10.4 Å². The van der Waals surface area contributed by atoms with Gasteiger partial charge in [-0.3, -0.25) is 0 Å². The summed E-state index contributed by atoms with van der Waals surface area (Å²) in [6.45, 7) is 6.95. The van der Waals surface area contributed by atoms with Crippen molar-refractivity contribution in [1.29, 1.82) is 0 Å². The molecule has 0 aliphatic heterocycles. The molecule has 2 atom stereocenters. The predicted octanol–water partition coefficient (Wildman–Crippen LogP) is 2.61. The van der Waals surface area contributed by atoms with Crippen LogP contribution in [0.15, 0.2) is 30.3 Å². The lowest BCUT2D eigenvalue weighted by Crippen LogP contribution is -2.36. The largest absolute Gasteiger partial charge is 0.392 e. The summed E-state index contributed by atoms with van der Waals surface area (Å²) in [6, 6.07) is 11.0. The van der Waals surface area contributed by atoms with E-state index >= 15 is 0 Å². The van der Waals surface area contributed by atoms with Crippen LogP contribution >= 0.6 is 0 Å². The number of nitrogens with one attached hydrogen (secondary N) is 1. The second-order valence-corrected chi connectivity index (χ2v) is 5.14. The van der Waals surface area contributed by atoms with Gasteiger partial charge in [-0.15, -0.1) is 0 Å². The number of benzene rings is 1. The van der Waals surface area contributed by atoms with E-state index < -0.39 is 0 Å². The highest BCUT2D eigenvalue weighted by Crippen LogP contribution is 2.05. The molecule has 17 heavy (non-hydrogen) atoms. The number of aliphatic hydroxyl groups excluding tert-OH is 1. The smallest absolute Gasteiger partial charge is 0.0687 e. The summed E-state index contributed by atoms with van der Waals surface area (Å²) in [5, 5.41) is 13.1. The second kappa shape index (κ2) is 7.46. The van der Waals surface area contributed by atoms with Crippen LogP contribution in [0.5, 0.6) is 0 Å². The fourth-order valence-corrected chi connectivity index (χ4v) is 1.69. The molecule has 0 bridgehead atoms. The average Bonchev–Trinajstić information content (AvgIpc) is 2.34. The molecule has 0 heterocycles. The molecule has 2 heteroatoms. The highest BCUT2D eigenvalue weighted by Gasteiger charge is 2.10. The molecule has 1 aromatic carbocycles. The fraction of sp³-hybridized carbons (Fsp3) is 0.600. The van der Waals surface area contributed by atoms with Gasteiger partial charge in [-0.1, -0.05) is 44.2 Å². The van der Waals surface area contributed by atoms with Gasteiger partial charge in [0.25, 0.3) is 0 Å². The van der Waals surface area contributed by atoms with Gasteiger partial charge >= 0.3 is 0 Å². The van der Waals surface area contributed by atoms with Gasteiger partial charge in [-0.2, -0.15) is 0 Å². The molecule has 0 aromatic heterocycles. The third-order valence-electron chi connectivity index (χ3n) is 3.15. The molecule has 0 radical (unpaired) electrons. The number of hydrogen-bond acceptors (Lipinski definition) is 2. The maximum atomic E-state index is 9.70. The highest BCUT2D eigenvalue weighted by molar-refractivity contribution is 5.14. The SMILES string of the molecule is CC(CCc1ccccc1)NCC(O)C(C)C. The van der Waals surface area contributed by atoms with E-state index in [2.05, 4.69) is 36.5 Å². The molecule has 2 unspecified atom stereocenters. The van der Waals surface area contributed by atoms with Gasteiger partial charge in [-0.25, -0.2) is 0 Å². The van der Waals surface area contributed by atoms with Gasteiger partial charge in [0.15, 0.2) is 0 Å². The summed E-state index contributed by atoms with van der Waals surface area (Å²) < 4.78 is 0. The minimum atomic E-state index is -0.242. The zero-order valence-corrected chi connectivity index (χ0v) is 11.2. The molecular weight excluding hydrogens is 210 g/mol. The Balaban J connectivity index is 2.19. The molecule has 0 saturated carbocycles. The predicted molar refractivity (Wildman–Crippen MR) is 73.1 cm³/mol. The van der Waals surface area contributed by atoms with Crippen molar-refractivity contribution >= 4 is 0 Å². The lowest BCUT2D eigenvalue weighted by Gasteiger charge is -2.19. The van der Waals surface area contributed by atoms with Crippen LogP contribution < -0.4 is 5.32 Å². The first-order valence-electron chi connectivity index (χ1n) is 6.55.